The van der Waals surface area contributed by atoms with Gasteiger partial charge in [0.05, 0.1) is 18.9 Å². The fourth-order valence-electron chi connectivity index (χ4n) is 3.19. The minimum Gasteiger partial charge on any atom is -0.469 e. The molecule has 0 aliphatic carbocycles. The Balaban J connectivity index is 0.00000225. The quantitative estimate of drug-likeness (QED) is 0.399. The van der Waals surface area contributed by atoms with Crippen LogP contribution in [0.4, 0.5) is 0 Å². The molecule has 0 radical (unpaired) electrons. The zero-order valence-corrected chi connectivity index (χ0v) is 18.3. The molecular formula is C18H30IN3O2S. The third kappa shape index (κ3) is 6.67. The summed E-state index contributed by atoms with van der Waals surface area (Å²) in [5.41, 5.74) is 0. The monoisotopic (exact) mass is 479 g/mol. The van der Waals surface area contributed by atoms with E-state index >= 15 is 0 Å². The first-order valence-electron chi connectivity index (χ1n) is 8.94. The zero-order chi connectivity index (χ0) is 16.8. The van der Waals surface area contributed by atoms with E-state index in [1.54, 1.807) is 6.26 Å². The molecule has 2 aliphatic rings. The van der Waals surface area contributed by atoms with Crippen molar-refractivity contribution >= 4 is 41.7 Å². The van der Waals surface area contributed by atoms with Crippen LogP contribution in [0.15, 0.2) is 27.8 Å². The largest absolute Gasteiger partial charge is 0.469 e. The van der Waals surface area contributed by atoms with E-state index in [0.717, 1.165) is 69.5 Å². The number of rotatable bonds is 5. The van der Waals surface area contributed by atoms with Crippen molar-refractivity contribution in [2.45, 2.75) is 44.0 Å². The molecule has 0 spiro atoms. The Kier molecular flexibility index (Phi) is 8.41. The highest BCUT2D eigenvalue weighted by atomic mass is 127. The number of furan rings is 1. The standard InChI is InChI=1S/C18H29N3O2S.HI/c1-18(2)14-21(9-12-24-18)17(20-13-16-6-4-11-23-16)19-8-7-15-5-3-10-22-15;/h3,5,10,16H,4,6-9,11-14H2,1-2H3,(H,19,20);1H. The first-order valence-corrected chi connectivity index (χ1v) is 9.92. The fraction of sp³-hybridized carbons (Fsp3) is 0.722. The molecule has 3 heterocycles. The third-order valence-electron chi connectivity index (χ3n) is 4.43. The van der Waals surface area contributed by atoms with Crippen molar-refractivity contribution < 1.29 is 9.15 Å². The highest BCUT2D eigenvalue weighted by molar-refractivity contribution is 14.0. The number of aliphatic imine (C=N–C) groups is 1. The summed E-state index contributed by atoms with van der Waals surface area (Å²) in [4.78, 5) is 7.28. The van der Waals surface area contributed by atoms with E-state index in [4.69, 9.17) is 14.1 Å². The minimum absolute atomic E-state index is 0. The van der Waals surface area contributed by atoms with Gasteiger partial charge < -0.3 is 19.4 Å². The molecule has 2 fully saturated rings. The van der Waals surface area contributed by atoms with Crippen molar-refractivity contribution in [2.75, 3.05) is 38.5 Å². The second kappa shape index (κ2) is 10.1. The lowest BCUT2D eigenvalue weighted by atomic mass is 10.2. The van der Waals surface area contributed by atoms with Gasteiger partial charge in [0, 0.05) is 43.2 Å². The zero-order valence-electron chi connectivity index (χ0n) is 15.2. The van der Waals surface area contributed by atoms with E-state index in [2.05, 4.69) is 24.1 Å². The van der Waals surface area contributed by atoms with Crippen LogP contribution < -0.4 is 5.32 Å². The van der Waals surface area contributed by atoms with Crippen LogP contribution in [0.2, 0.25) is 0 Å². The lowest BCUT2D eigenvalue weighted by Crippen LogP contribution is -2.51. The van der Waals surface area contributed by atoms with E-state index in [0.29, 0.717) is 6.10 Å². The summed E-state index contributed by atoms with van der Waals surface area (Å²) in [5.74, 6) is 3.17. The van der Waals surface area contributed by atoms with Gasteiger partial charge in [0.15, 0.2) is 5.96 Å². The molecule has 7 heteroatoms. The lowest BCUT2D eigenvalue weighted by Gasteiger charge is -2.39. The topological polar surface area (TPSA) is 50.0 Å². The Morgan fingerprint density at radius 2 is 2.36 bits per heavy atom. The summed E-state index contributed by atoms with van der Waals surface area (Å²) in [6.07, 6.45) is 5.18. The van der Waals surface area contributed by atoms with E-state index in [1.807, 2.05) is 23.9 Å². The normalized spacial score (nSPS) is 23.4. The highest BCUT2D eigenvalue weighted by Crippen LogP contribution is 2.29. The fourth-order valence-corrected chi connectivity index (χ4v) is 4.31. The van der Waals surface area contributed by atoms with Crippen molar-refractivity contribution in [3.8, 4) is 0 Å². The molecule has 0 aromatic carbocycles. The van der Waals surface area contributed by atoms with Crippen molar-refractivity contribution in [1.29, 1.82) is 0 Å². The first-order chi connectivity index (χ1) is 11.6. The van der Waals surface area contributed by atoms with E-state index < -0.39 is 0 Å². The molecule has 1 aromatic heterocycles. The highest BCUT2D eigenvalue weighted by Gasteiger charge is 2.29. The summed E-state index contributed by atoms with van der Waals surface area (Å²) in [6, 6.07) is 3.96. The van der Waals surface area contributed by atoms with Gasteiger partial charge in [0.2, 0.25) is 0 Å². The number of thioether (sulfide) groups is 1. The van der Waals surface area contributed by atoms with Gasteiger partial charge in [-0.2, -0.15) is 11.8 Å². The number of ether oxygens (including phenoxy) is 1. The Morgan fingerprint density at radius 1 is 1.48 bits per heavy atom. The molecule has 2 aliphatic heterocycles. The second-order valence-corrected chi connectivity index (χ2v) is 8.89. The van der Waals surface area contributed by atoms with Gasteiger partial charge in [0.25, 0.3) is 0 Å². The molecule has 0 saturated carbocycles. The SMILES string of the molecule is CC1(C)CN(C(=NCC2CCCO2)NCCc2ccco2)CCS1.I. The van der Waals surface area contributed by atoms with Crippen LogP contribution in [0.5, 0.6) is 0 Å². The second-order valence-electron chi connectivity index (χ2n) is 7.09. The number of nitrogens with zero attached hydrogens (tertiary/aromatic N) is 2. The average Bonchev–Trinajstić information content (AvgIpc) is 3.23. The maximum Gasteiger partial charge on any atom is 0.194 e. The van der Waals surface area contributed by atoms with Crippen LogP contribution in [0.3, 0.4) is 0 Å². The summed E-state index contributed by atoms with van der Waals surface area (Å²) < 4.78 is 11.4. The minimum atomic E-state index is 0. The molecular weight excluding hydrogens is 449 g/mol. The summed E-state index contributed by atoms with van der Waals surface area (Å²) in [5, 5.41) is 3.54. The molecule has 25 heavy (non-hydrogen) atoms. The van der Waals surface area contributed by atoms with Gasteiger partial charge in [-0.15, -0.1) is 24.0 Å². The number of halogens is 1. The van der Waals surface area contributed by atoms with Gasteiger partial charge in [-0.05, 0) is 38.8 Å². The van der Waals surface area contributed by atoms with E-state index in [1.165, 1.54) is 0 Å². The lowest BCUT2D eigenvalue weighted by molar-refractivity contribution is 0.117. The molecule has 0 bridgehead atoms. The van der Waals surface area contributed by atoms with Crippen LogP contribution in [-0.2, 0) is 11.2 Å². The first kappa shape index (κ1) is 20.9. The number of hydrogen-bond donors (Lipinski definition) is 1. The van der Waals surface area contributed by atoms with E-state index in [9.17, 15) is 0 Å². The van der Waals surface area contributed by atoms with Crippen LogP contribution in [-0.4, -0.2) is 60.2 Å². The van der Waals surface area contributed by atoms with Crippen molar-refractivity contribution in [3.63, 3.8) is 0 Å². The predicted molar refractivity (Wildman–Crippen MR) is 115 cm³/mol. The van der Waals surface area contributed by atoms with E-state index in [-0.39, 0.29) is 28.7 Å². The number of hydrogen-bond acceptors (Lipinski definition) is 4. The Labute approximate surface area is 172 Å². The molecule has 0 amide bonds. The molecule has 142 valence electrons. The van der Waals surface area contributed by atoms with Crippen LogP contribution >= 0.6 is 35.7 Å². The maximum atomic E-state index is 5.72. The third-order valence-corrected chi connectivity index (χ3v) is 5.73. The molecule has 2 saturated heterocycles. The molecule has 3 rings (SSSR count). The van der Waals surface area contributed by atoms with Gasteiger partial charge in [-0.1, -0.05) is 0 Å². The van der Waals surface area contributed by atoms with Crippen molar-refractivity contribution in [1.82, 2.24) is 10.2 Å². The van der Waals surface area contributed by atoms with Gasteiger partial charge in [-0.3, -0.25) is 4.99 Å². The Hall–Kier alpha value is -0.410. The summed E-state index contributed by atoms with van der Waals surface area (Å²) in [7, 11) is 0. The van der Waals surface area contributed by atoms with Crippen molar-refractivity contribution in [2.24, 2.45) is 4.99 Å². The summed E-state index contributed by atoms with van der Waals surface area (Å²) in [6.45, 7) is 9.17. The summed E-state index contributed by atoms with van der Waals surface area (Å²) >= 11 is 2.04. The average molecular weight is 479 g/mol. The van der Waals surface area contributed by atoms with Crippen LogP contribution in [0.25, 0.3) is 0 Å². The van der Waals surface area contributed by atoms with Gasteiger partial charge in [0.1, 0.15) is 5.76 Å². The Morgan fingerprint density at radius 3 is 3.04 bits per heavy atom. The van der Waals surface area contributed by atoms with Crippen LogP contribution in [0, 0.1) is 0 Å². The number of nitrogens with one attached hydrogen (secondary N) is 1. The molecule has 5 nitrogen and oxygen atoms in total. The maximum absolute atomic E-state index is 5.72. The van der Waals surface area contributed by atoms with Crippen LogP contribution in [0.1, 0.15) is 32.4 Å². The Bertz CT molecular complexity index is 530. The number of guanidine groups is 1. The molecule has 1 aromatic rings. The molecule has 1 atom stereocenters. The smallest absolute Gasteiger partial charge is 0.194 e. The molecule has 1 N–H and O–H groups in total. The molecule has 1 unspecified atom stereocenters. The van der Waals surface area contributed by atoms with Gasteiger partial charge in [-0.25, -0.2) is 0 Å². The van der Waals surface area contributed by atoms with Crippen molar-refractivity contribution in [3.05, 3.63) is 24.2 Å². The van der Waals surface area contributed by atoms with Gasteiger partial charge >= 0.3 is 0 Å². The predicted octanol–water partition coefficient (Wildman–Crippen LogP) is 3.39.